The van der Waals surface area contributed by atoms with Gasteiger partial charge in [0.1, 0.15) is 0 Å². The van der Waals surface area contributed by atoms with Crippen LogP contribution < -0.4 is 0 Å². The molecule has 1 aliphatic rings. The van der Waals surface area contributed by atoms with E-state index in [0.29, 0.717) is 5.92 Å². The number of carbonyl (C=O) groups is 1. The maximum Gasteiger partial charge on any atom is 0.155 e. The van der Waals surface area contributed by atoms with E-state index in [1.165, 1.54) is 18.4 Å². The molecule has 0 aromatic carbocycles. The van der Waals surface area contributed by atoms with Gasteiger partial charge < -0.3 is 0 Å². The Morgan fingerprint density at radius 3 is 2.69 bits per heavy atom. The smallest absolute Gasteiger partial charge is 0.155 e. The number of rotatable bonds is 3. The fraction of sp³-hybridized carbons (Fsp3) is 0.667. The van der Waals surface area contributed by atoms with E-state index in [-0.39, 0.29) is 11.2 Å². The summed E-state index contributed by atoms with van der Waals surface area (Å²) >= 11 is 0. The first-order chi connectivity index (χ1) is 7.35. The van der Waals surface area contributed by atoms with Crippen LogP contribution in [0.15, 0.2) is 23.3 Å². The molecule has 1 nitrogen and oxygen atoms in total. The summed E-state index contributed by atoms with van der Waals surface area (Å²) in [6.07, 6.45) is 7.94. The first-order valence-electron chi connectivity index (χ1n) is 6.20. The lowest BCUT2D eigenvalue weighted by molar-refractivity contribution is -0.113. The number of allylic oxidation sites excluding steroid dienone is 4. The second-order valence-corrected chi connectivity index (χ2v) is 5.56. The standard InChI is InChI=1S/C15H24O/c1-11(13(3)16)9-10-14-8-6-7-12(2)15(14,4)5/h7,9,14H,6,8,10H2,1-5H3/b11-9+/t14-/m0/s1. The minimum Gasteiger partial charge on any atom is -0.295 e. The van der Waals surface area contributed by atoms with Gasteiger partial charge in [0.15, 0.2) is 5.78 Å². The van der Waals surface area contributed by atoms with Gasteiger partial charge in [-0.05, 0) is 56.9 Å². The van der Waals surface area contributed by atoms with Crippen LogP contribution in [0.3, 0.4) is 0 Å². The molecule has 1 rings (SSSR count). The quantitative estimate of drug-likeness (QED) is 0.512. The average Bonchev–Trinajstić information content (AvgIpc) is 2.19. The molecule has 0 aromatic heterocycles. The van der Waals surface area contributed by atoms with Crippen molar-refractivity contribution in [3.05, 3.63) is 23.3 Å². The molecule has 1 atom stereocenters. The molecule has 90 valence electrons. The summed E-state index contributed by atoms with van der Waals surface area (Å²) in [6, 6.07) is 0. The Kier molecular flexibility index (Phi) is 4.12. The number of carbonyl (C=O) groups excluding carboxylic acids is 1. The first kappa shape index (κ1) is 13.2. The van der Waals surface area contributed by atoms with Gasteiger partial charge in [0.25, 0.3) is 0 Å². The molecule has 0 aliphatic heterocycles. The number of hydrogen-bond acceptors (Lipinski definition) is 1. The summed E-state index contributed by atoms with van der Waals surface area (Å²) in [5.41, 5.74) is 2.69. The molecule has 0 amide bonds. The van der Waals surface area contributed by atoms with Gasteiger partial charge in [-0.1, -0.05) is 31.6 Å². The Bertz CT molecular complexity index is 331. The van der Waals surface area contributed by atoms with Crippen molar-refractivity contribution < 1.29 is 4.79 Å². The van der Waals surface area contributed by atoms with Crippen LogP contribution in [0.5, 0.6) is 0 Å². The van der Waals surface area contributed by atoms with E-state index < -0.39 is 0 Å². The molecule has 0 bridgehead atoms. The van der Waals surface area contributed by atoms with Gasteiger partial charge >= 0.3 is 0 Å². The summed E-state index contributed by atoms with van der Waals surface area (Å²) in [7, 11) is 0. The van der Waals surface area contributed by atoms with Gasteiger partial charge in [-0.25, -0.2) is 0 Å². The molecule has 0 saturated carbocycles. The van der Waals surface area contributed by atoms with Crippen LogP contribution in [-0.4, -0.2) is 5.78 Å². The molecule has 16 heavy (non-hydrogen) atoms. The normalized spacial score (nSPS) is 25.2. The van der Waals surface area contributed by atoms with Crippen LogP contribution in [-0.2, 0) is 4.79 Å². The minimum absolute atomic E-state index is 0.195. The molecule has 0 radical (unpaired) electrons. The molecule has 0 heterocycles. The Labute approximate surface area is 99.6 Å². The van der Waals surface area contributed by atoms with E-state index >= 15 is 0 Å². The van der Waals surface area contributed by atoms with Crippen molar-refractivity contribution in [3.63, 3.8) is 0 Å². The summed E-state index contributed by atoms with van der Waals surface area (Å²) in [5, 5.41) is 0. The zero-order chi connectivity index (χ0) is 12.3. The van der Waals surface area contributed by atoms with Crippen molar-refractivity contribution in [2.75, 3.05) is 0 Å². The van der Waals surface area contributed by atoms with E-state index in [4.69, 9.17) is 0 Å². The number of hydrogen-bond donors (Lipinski definition) is 0. The fourth-order valence-electron chi connectivity index (χ4n) is 2.32. The highest BCUT2D eigenvalue weighted by Crippen LogP contribution is 2.43. The zero-order valence-electron chi connectivity index (χ0n) is 11.3. The Morgan fingerprint density at radius 1 is 1.50 bits per heavy atom. The van der Waals surface area contributed by atoms with Crippen molar-refractivity contribution in [1.82, 2.24) is 0 Å². The van der Waals surface area contributed by atoms with E-state index in [0.717, 1.165) is 12.0 Å². The molecular formula is C15H24O. The van der Waals surface area contributed by atoms with Gasteiger partial charge in [-0.2, -0.15) is 0 Å². The van der Waals surface area contributed by atoms with Crippen LogP contribution in [0.1, 0.15) is 53.9 Å². The lowest BCUT2D eigenvalue weighted by Crippen LogP contribution is -2.27. The molecule has 1 heteroatoms. The van der Waals surface area contributed by atoms with Crippen LogP contribution >= 0.6 is 0 Å². The second kappa shape index (κ2) is 4.99. The second-order valence-electron chi connectivity index (χ2n) is 5.56. The predicted octanol–water partition coefficient (Wildman–Crippen LogP) is 4.29. The van der Waals surface area contributed by atoms with E-state index in [9.17, 15) is 4.79 Å². The summed E-state index contributed by atoms with van der Waals surface area (Å²) in [6.45, 7) is 10.4. The topological polar surface area (TPSA) is 17.1 Å². The Hall–Kier alpha value is -0.850. The SMILES string of the molecule is CC(=O)/C(C)=C/C[C@@H]1CCC=C(C)C1(C)C. The first-order valence-corrected chi connectivity index (χ1v) is 6.20. The Balaban J connectivity index is 2.73. The highest BCUT2D eigenvalue weighted by molar-refractivity contribution is 5.92. The largest absolute Gasteiger partial charge is 0.295 e. The molecule has 0 N–H and O–H groups in total. The summed E-state index contributed by atoms with van der Waals surface area (Å²) in [5.74, 6) is 0.868. The van der Waals surface area contributed by atoms with Crippen LogP contribution in [0, 0.1) is 11.3 Å². The zero-order valence-corrected chi connectivity index (χ0v) is 11.3. The van der Waals surface area contributed by atoms with Gasteiger partial charge in [0.2, 0.25) is 0 Å². The third kappa shape index (κ3) is 2.84. The molecular weight excluding hydrogens is 196 g/mol. The highest BCUT2D eigenvalue weighted by atomic mass is 16.1. The lowest BCUT2D eigenvalue weighted by atomic mass is 9.67. The average molecular weight is 220 g/mol. The molecule has 0 saturated heterocycles. The molecule has 0 unspecified atom stereocenters. The van der Waals surface area contributed by atoms with Gasteiger partial charge in [0, 0.05) is 0 Å². The van der Waals surface area contributed by atoms with Crippen molar-refractivity contribution >= 4 is 5.78 Å². The Morgan fingerprint density at radius 2 is 2.12 bits per heavy atom. The highest BCUT2D eigenvalue weighted by Gasteiger charge is 2.32. The molecule has 1 aliphatic carbocycles. The maximum atomic E-state index is 11.2. The predicted molar refractivity (Wildman–Crippen MR) is 69.3 cm³/mol. The van der Waals surface area contributed by atoms with Crippen LogP contribution in [0.4, 0.5) is 0 Å². The lowest BCUT2D eigenvalue weighted by Gasteiger charge is -2.38. The number of ketones is 1. The maximum absolute atomic E-state index is 11.2. The van der Waals surface area contributed by atoms with Crippen LogP contribution in [0.25, 0.3) is 0 Å². The van der Waals surface area contributed by atoms with E-state index in [1.807, 2.05) is 6.92 Å². The van der Waals surface area contributed by atoms with Crippen molar-refractivity contribution in [2.45, 2.75) is 53.9 Å². The minimum atomic E-state index is 0.195. The van der Waals surface area contributed by atoms with Gasteiger partial charge in [0.05, 0.1) is 0 Å². The van der Waals surface area contributed by atoms with E-state index in [2.05, 4.69) is 32.9 Å². The van der Waals surface area contributed by atoms with Gasteiger partial charge in [-0.15, -0.1) is 0 Å². The monoisotopic (exact) mass is 220 g/mol. The third-order valence-corrected chi connectivity index (χ3v) is 4.27. The third-order valence-electron chi connectivity index (χ3n) is 4.27. The molecule has 0 spiro atoms. The van der Waals surface area contributed by atoms with Crippen molar-refractivity contribution in [1.29, 1.82) is 0 Å². The summed E-state index contributed by atoms with van der Waals surface area (Å²) in [4.78, 5) is 11.2. The molecule has 0 fully saturated rings. The number of Topliss-reactive ketones (excluding diaryl/α,β-unsaturated/α-hetero) is 1. The van der Waals surface area contributed by atoms with Crippen molar-refractivity contribution in [2.24, 2.45) is 11.3 Å². The van der Waals surface area contributed by atoms with Crippen LogP contribution in [0.2, 0.25) is 0 Å². The van der Waals surface area contributed by atoms with Gasteiger partial charge in [-0.3, -0.25) is 4.79 Å². The summed E-state index contributed by atoms with van der Waals surface area (Å²) < 4.78 is 0. The molecule has 0 aromatic rings. The van der Waals surface area contributed by atoms with E-state index in [1.54, 1.807) is 6.92 Å². The van der Waals surface area contributed by atoms with Crippen molar-refractivity contribution in [3.8, 4) is 0 Å². The fourth-order valence-corrected chi connectivity index (χ4v) is 2.32.